The molecule has 0 amide bonds. The standard InChI is InChI=1S/C27H26N4O4/c1-5-34-27(33)23-24(32)22(15-19-16-29-25-20(19)9-6-12-28-25)35-26(23)30-21-11-10-18(14-17(21)2)8-7-13-31(3)4/h6,9-12,14-16,30H,5,13H2,1-4H3,(H,28,29). The maximum Gasteiger partial charge on any atom is 0.347 e. The number of rotatable bonds is 6. The van der Waals surface area contributed by atoms with E-state index in [4.69, 9.17) is 9.47 Å². The summed E-state index contributed by atoms with van der Waals surface area (Å²) in [6, 6.07) is 9.33. The lowest BCUT2D eigenvalue weighted by Crippen LogP contribution is -2.16. The summed E-state index contributed by atoms with van der Waals surface area (Å²) in [6.07, 6.45) is 5.00. The van der Waals surface area contributed by atoms with Gasteiger partial charge < -0.3 is 19.8 Å². The minimum atomic E-state index is -0.743. The van der Waals surface area contributed by atoms with Gasteiger partial charge in [-0.1, -0.05) is 11.8 Å². The maximum atomic E-state index is 13.2. The molecule has 8 heteroatoms. The number of esters is 1. The summed E-state index contributed by atoms with van der Waals surface area (Å²) in [5.74, 6) is 4.99. The Balaban J connectivity index is 1.64. The van der Waals surface area contributed by atoms with Crippen LogP contribution in [0.5, 0.6) is 0 Å². The van der Waals surface area contributed by atoms with Gasteiger partial charge in [-0.2, -0.15) is 0 Å². The van der Waals surface area contributed by atoms with E-state index in [1.165, 1.54) is 0 Å². The Morgan fingerprint density at radius 1 is 1.31 bits per heavy atom. The van der Waals surface area contributed by atoms with Crippen LogP contribution in [0.4, 0.5) is 5.69 Å². The predicted octanol–water partition coefficient (Wildman–Crippen LogP) is 3.61. The van der Waals surface area contributed by atoms with E-state index >= 15 is 0 Å². The Hall–Kier alpha value is -4.35. The van der Waals surface area contributed by atoms with Crippen LogP contribution in [0.25, 0.3) is 17.1 Å². The number of allylic oxidation sites excluding steroid dienone is 1. The van der Waals surface area contributed by atoms with Gasteiger partial charge in [0.2, 0.25) is 11.7 Å². The van der Waals surface area contributed by atoms with Crippen molar-refractivity contribution in [2.45, 2.75) is 13.8 Å². The summed E-state index contributed by atoms with van der Waals surface area (Å²) in [5, 5.41) is 3.93. The zero-order chi connectivity index (χ0) is 24.9. The second kappa shape index (κ2) is 10.3. The van der Waals surface area contributed by atoms with Crippen molar-refractivity contribution in [3.63, 3.8) is 0 Å². The summed E-state index contributed by atoms with van der Waals surface area (Å²) in [5.41, 5.74) is 3.67. The van der Waals surface area contributed by atoms with Crippen molar-refractivity contribution >= 4 is 34.5 Å². The molecule has 3 aromatic rings. The van der Waals surface area contributed by atoms with Crippen LogP contribution < -0.4 is 5.32 Å². The van der Waals surface area contributed by atoms with Crippen LogP contribution >= 0.6 is 0 Å². The average Bonchev–Trinajstić information content (AvgIpc) is 3.36. The van der Waals surface area contributed by atoms with E-state index in [2.05, 4.69) is 27.1 Å². The van der Waals surface area contributed by atoms with Crippen LogP contribution in [-0.4, -0.2) is 53.9 Å². The number of ether oxygens (including phenoxy) is 2. The van der Waals surface area contributed by atoms with E-state index < -0.39 is 11.8 Å². The number of fused-ring (bicyclic) bond motifs is 1. The number of pyridine rings is 1. The molecule has 3 heterocycles. The monoisotopic (exact) mass is 470 g/mol. The van der Waals surface area contributed by atoms with Crippen LogP contribution in [0.15, 0.2) is 59.9 Å². The summed E-state index contributed by atoms with van der Waals surface area (Å²) >= 11 is 0. The molecule has 1 aliphatic rings. The number of nitrogens with one attached hydrogen (secondary N) is 2. The number of aromatic amines is 1. The zero-order valence-electron chi connectivity index (χ0n) is 20.1. The second-order valence-electron chi connectivity index (χ2n) is 8.20. The second-order valence-corrected chi connectivity index (χ2v) is 8.20. The summed E-state index contributed by atoms with van der Waals surface area (Å²) in [7, 11) is 3.92. The Labute approximate surface area is 203 Å². The lowest BCUT2D eigenvalue weighted by atomic mass is 10.1. The van der Waals surface area contributed by atoms with Crippen molar-refractivity contribution in [3.8, 4) is 11.8 Å². The largest absolute Gasteiger partial charge is 0.462 e. The number of hydrogen-bond donors (Lipinski definition) is 2. The Kier molecular flexibility index (Phi) is 6.99. The van der Waals surface area contributed by atoms with Gasteiger partial charge in [-0.05, 0) is 69.9 Å². The lowest BCUT2D eigenvalue weighted by molar-refractivity contribution is -0.139. The molecule has 0 saturated heterocycles. The van der Waals surface area contributed by atoms with Crippen molar-refractivity contribution in [3.05, 3.63) is 76.6 Å². The Bertz CT molecular complexity index is 1420. The smallest absolute Gasteiger partial charge is 0.347 e. The SMILES string of the molecule is CCOC(=O)C1=C(Nc2ccc(C#CCN(C)C)cc2C)OC(=Cc2c[nH]c3ncccc23)C1=O. The highest BCUT2D eigenvalue weighted by Crippen LogP contribution is 2.31. The highest BCUT2D eigenvalue weighted by molar-refractivity contribution is 6.26. The molecule has 0 radical (unpaired) electrons. The fourth-order valence-electron chi connectivity index (χ4n) is 3.55. The molecule has 4 rings (SSSR count). The predicted molar refractivity (Wildman–Crippen MR) is 134 cm³/mol. The van der Waals surface area contributed by atoms with Gasteiger partial charge in [0.15, 0.2) is 11.3 Å². The zero-order valence-corrected chi connectivity index (χ0v) is 20.1. The molecule has 1 aromatic carbocycles. The van der Waals surface area contributed by atoms with E-state index in [9.17, 15) is 9.59 Å². The number of anilines is 1. The number of aromatic nitrogens is 2. The number of carbonyl (C=O) groups excluding carboxylic acids is 2. The van der Waals surface area contributed by atoms with Crippen LogP contribution in [0, 0.1) is 18.8 Å². The average molecular weight is 471 g/mol. The third-order valence-electron chi connectivity index (χ3n) is 5.24. The quantitative estimate of drug-likeness (QED) is 0.246. The van der Waals surface area contributed by atoms with E-state index in [0.29, 0.717) is 17.9 Å². The van der Waals surface area contributed by atoms with Gasteiger partial charge in [-0.25, -0.2) is 9.78 Å². The molecule has 8 nitrogen and oxygen atoms in total. The number of nitrogens with zero attached hydrogens (tertiary/aromatic N) is 2. The van der Waals surface area contributed by atoms with Gasteiger partial charge in [0, 0.05) is 34.6 Å². The molecule has 0 unspecified atom stereocenters. The van der Waals surface area contributed by atoms with E-state index in [-0.39, 0.29) is 23.8 Å². The summed E-state index contributed by atoms with van der Waals surface area (Å²) in [6.45, 7) is 4.39. The van der Waals surface area contributed by atoms with Crippen molar-refractivity contribution < 1.29 is 19.1 Å². The molecule has 0 aliphatic carbocycles. The first kappa shape index (κ1) is 23.8. The molecule has 0 atom stereocenters. The third-order valence-corrected chi connectivity index (χ3v) is 5.24. The summed E-state index contributed by atoms with van der Waals surface area (Å²) < 4.78 is 11.0. The molecular weight excluding hydrogens is 444 g/mol. The van der Waals surface area contributed by atoms with E-state index in [1.54, 1.807) is 25.4 Å². The Morgan fingerprint density at radius 2 is 2.14 bits per heavy atom. The number of Topliss-reactive ketones (excluding diaryl/α,β-unsaturated/α-hetero) is 1. The van der Waals surface area contributed by atoms with Gasteiger partial charge >= 0.3 is 5.97 Å². The van der Waals surface area contributed by atoms with E-state index in [1.807, 2.05) is 56.3 Å². The third kappa shape index (κ3) is 5.26. The molecule has 0 fully saturated rings. The van der Waals surface area contributed by atoms with Crippen LogP contribution in [0.1, 0.15) is 23.6 Å². The summed E-state index contributed by atoms with van der Waals surface area (Å²) in [4.78, 5) is 35.1. The molecular formula is C27H26N4O4. The van der Waals surface area contributed by atoms with Gasteiger partial charge in [0.1, 0.15) is 5.65 Å². The highest BCUT2D eigenvalue weighted by Gasteiger charge is 2.37. The topological polar surface area (TPSA) is 96.6 Å². The van der Waals surface area contributed by atoms with Crippen molar-refractivity contribution in [2.24, 2.45) is 0 Å². The normalized spacial score (nSPS) is 14.3. The fourth-order valence-corrected chi connectivity index (χ4v) is 3.55. The fraction of sp³-hybridized carbons (Fsp3) is 0.222. The van der Waals surface area contributed by atoms with Crippen LogP contribution in [0.3, 0.4) is 0 Å². The van der Waals surface area contributed by atoms with Gasteiger partial charge in [0.05, 0.1) is 13.2 Å². The molecule has 0 spiro atoms. The number of aryl methyl sites for hydroxylation is 1. The van der Waals surface area contributed by atoms with Crippen molar-refractivity contribution in [2.75, 3.05) is 32.6 Å². The highest BCUT2D eigenvalue weighted by atomic mass is 16.5. The van der Waals surface area contributed by atoms with Crippen LogP contribution in [-0.2, 0) is 19.1 Å². The van der Waals surface area contributed by atoms with E-state index in [0.717, 1.165) is 22.1 Å². The lowest BCUT2D eigenvalue weighted by Gasteiger charge is -2.11. The van der Waals surface area contributed by atoms with Crippen molar-refractivity contribution in [1.82, 2.24) is 14.9 Å². The number of hydrogen-bond acceptors (Lipinski definition) is 7. The molecule has 1 aliphatic heterocycles. The van der Waals surface area contributed by atoms with Gasteiger partial charge in [0.25, 0.3) is 0 Å². The van der Waals surface area contributed by atoms with Gasteiger partial charge in [-0.15, -0.1) is 0 Å². The molecule has 0 bridgehead atoms. The number of carbonyl (C=O) groups is 2. The molecule has 0 saturated carbocycles. The minimum Gasteiger partial charge on any atom is -0.462 e. The molecule has 2 aromatic heterocycles. The first-order chi connectivity index (χ1) is 16.9. The number of ketones is 1. The van der Waals surface area contributed by atoms with Crippen molar-refractivity contribution in [1.29, 1.82) is 0 Å². The first-order valence-electron chi connectivity index (χ1n) is 11.2. The molecule has 35 heavy (non-hydrogen) atoms. The minimum absolute atomic E-state index is 0.0177. The molecule has 2 N–H and O–H groups in total. The van der Waals surface area contributed by atoms with Gasteiger partial charge in [-0.3, -0.25) is 9.69 Å². The van der Waals surface area contributed by atoms with Crippen LogP contribution in [0.2, 0.25) is 0 Å². The molecule has 178 valence electrons. The first-order valence-corrected chi connectivity index (χ1v) is 11.2. The number of benzene rings is 1. The Morgan fingerprint density at radius 3 is 2.89 bits per heavy atom. The maximum absolute atomic E-state index is 13.2. The number of H-pyrrole nitrogens is 1.